The van der Waals surface area contributed by atoms with Crippen LogP contribution in [0.3, 0.4) is 0 Å². The molecule has 1 aromatic rings. The Morgan fingerprint density at radius 2 is 1.97 bits per heavy atom. The van der Waals surface area contributed by atoms with Crippen LogP contribution in [0, 0.1) is 0 Å². The molecule has 0 aliphatic carbocycles. The fraction of sp³-hybridized carbons (Fsp3) is 0.357. The maximum absolute atomic E-state index is 12.4. The molecule has 2 amide bonds. The zero-order valence-corrected chi connectivity index (χ0v) is 25.0. The molecule has 0 aromatic carbocycles. The van der Waals surface area contributed by atoms with Crippen LogP contribution in [0.2, 0.25) is 0 Å². The molecule has 1 unspecified atom stereocenters. The van der Waals surface area contributed by atoms with Crippen LogP contribution in [0.4, 0.5) is 0 Å². The van der Waals surface area contributed by atoms with Crippen LogP contribution >= 0.6 is 30.7 Å². The summed E-state index contributed by atoms with van der Waals surface area (Å²) in [5.41, 5.74) is -0.585. The van der Waals surface area contributed by atoms with Crippen LogP contribution in [0.25, 0.3) is 0 Å². The summed E-state index contributed by atoms with van der Waals surface area (Å²) in [5, 5.41) is 23.2. The van der Waals surface area contributed by atoms with E-state index in [0.29, 0.717) is 0 Å². The van der Waals surface area contributed by atoms with Gasteiger partial charge in [-0.3, -0.25) is 19.3 Å². The van der Waals surface area contributed by atoms with Gasteiger partial charge in [0.2, 0.25) is 5.91 Å². The second-order valence-corrected chi connectivity index (χ2v) is 9.11. The first-order chi connectivity index (χ1) is 12.7. The molecule has 1 aromatic heterocycles. The molecule has 1 saturated heterocycles. The van der Waals surface area contributed by atoms with E-state index in [-0.39, 0.29) is 106 Å². The predicted molar refractivity (Wildman–Crippen MR) is 91.4 cm³/mol. The Kier molecular flexibility index (Phi) is 13.2. The molecule has 16 heteroatoms. The second-order valence-electron chi connectivity index (χ2n) is 5.81. The van der Waals surface area contributed by atoms with Crippen molar-refractivity contribution in [2.24, 2.45) is 0 Å². The first-order valence-corrected chi connectivity index (χ1v) is 11.1. The molecule has 0 spiro atoms. The van der Waals surface area contributed by atoms with Crippen LogP contribution in [0.1, 0.15) is 11.5 Å². The van der Waals surface area contributed by atoms with Gasteiger partial charge in [-0.15, -0.1) is 11.8 Å². The largest absolute Gasteiger partial charge is 1.00 e. The van der Waals surface area contributed by atoms with Gasteiger partial charge < -0.3 is 29.9 Å². The van der Waals surface area contributed by atoms with Gasteiger partial charge >= 0.3 is 94.6 Å². The molecule has 30 heavy (non-hydrogen) atoms. The smallest absolute Gasteiger partial charge is 0.806 e. The van der Waals surface area contributed by atoms with E-state index in [2.05, 4.69) is 5.32 Å². The average molecular weight is 501 g/mol. The molecule has 0 radical (unpaired) electrons. The third kappa shape index (κ3) is 6.25. The van der Waals surface area contributed by atoms with Crippen molar-refractivity contribution in [2.75, 3.05) is 12.4 Å². The molecule has 146 valence electrons. The number of thiophene rings is 1. The van der Waals surface area contributed by atoms with Crippen LogP contribution < -0.4 is 104 Å². The number of fused-ring (bicyclic) bond motifs is 1. The Morgan fingerprint density at radius 1 is 1.33 bits per heavy atom. The van der Waals surface area contributed by atoms with Crippen LogP contribution in [0.5, 0.6) is 0 Å². The van der Waals surface area contributed by atoms with Crippen molar-refractivity contribution < 1.29 is 128 Å². The molecule has 0 saturated carbocycles. The van der Waals surface area contributed by atoms with Crippen LogP contribution in [-0.2, 0) is 18.9 Å². The maximum atomic E-state index is 12.4. The summed E-state index contributed by atoms with van der Waals surface area (Å²) in [5.74, 6) is -4.67. The summed E-state index contributed by atoms with van der Waals surface area (Å²) in [6, 6.07) is 0.317. The zero-order valence-electron chi connectivity index (χ0n) is 16.4. The molecule has 1 fully saturated rings. The first-order valence-electron chi connectivity index (χ1n) is 7.52. The third-order valence-corrected chi connectivity index (χ3v) is 7.24. The summed E-state index contributed by atoms with van der Waals surface area (Å²) in [4.78, 5) is 60.0. The number of hydrogen-bond acceptors (Lipinski definition) is 9. The number of amides is 2. The Morgan fingerprint density at radius 3 is 2.43 bits per heavy atom. The summed E-state index contributed by atoms with van der Waals surface area (Å²) < 4.78 is 11.5. The number of aliphatic hydroxyl groups is 1. The van der Waals surface area contributed by atoms with Crippen LogP contribution in [0.15, 0.2) is 27.8 Å². The summed E-state index contributed by atoms with van der Waals surface area (Å²) in [7, 11) is -5.32. The van der Waals surface area contributed by atoms with Crippen molar-refractivity contribution in [3.63, 3.8) is 0 Å². The van der Waals surface area contributed by atoms with E-state index in [4.69, 9.17) is 0 Å². The summed E-state index contributed by atoms with van der Waals surface area (Å²) in [6.45, 7) is -0.691. The fourth-order valence-electron chi connectivity index (χ4n) is 2.94. The van der Waals surface area contributed by atoms with Gasteiger partial charge in [0, 0.05) is 5.75 Å². The normalized spacial score (nSPS) is 21.2. The van der Waals surface area contributed by atoms with Crippen molar-refractivity contribution in [2.45, 2.75) is 17.3 Å². The number of β-lactam (4-membered cyclic amide) rings is 1. The molecule has 3 atom stereocenters. The molecule has 2 aliphatic heterocycles. The standard InChI is InChI=1S/C14H15N2O8PS2.3Na/c17-3-7-5-27-13-9(11(19)16(13)12(7)25(22,23)24)15-10(18)8(14(20)21)6-1-2-26-4-6;;;/h1-2,4,8-9,13,17H,3,5H2,(H,15,18)(H,20,21)(H2,22,23,24);;;/q;3*+1/p-2/t8?,9-,13-;;;/m1.../s1. The number of aliphatic carboxylic acids is 1. The quantitative estimate of drug-likeness (QED) is 0.148. The van der Waals surface area contributed by atoms with Crippen LogP contribution in [-0.4, -0.2) is 56.7 Å². The van der Waals surface area contributed by atoms with E-state index in [0.717, 1.165) is 16.7 Å². The number of carboxylic acid groups (broad SMARTS) is 1. The van der Waals surface area contributed by atoms with Gasteiger partial charge in [-0.2, -0.15) is 11.3 Å². The SMILES string of the molecule is O=C(O)C(C(=O)N[C@@H]1C(=O)N2C(P(=O)([O-])[O-])=C(CO)CS[C@H]12)c1ccsc1.[Na+].[Na+].[Na+]. The van der Waals surface area contributed by atoms with Gasteiger partial charge in [0.15, 0.2) is 5.92 Å². The molecule has 2 aliphatic rings. The number of carbonyl (C=O) groups excluding carboxylic acids is 2. The molecule has 10 nitrogen and oxygen atoms in total. The average Bonchev–Trinajstić information content (AvgIpc) is 3.11. The monoisotopic (exact) mass is 501 g/mol. The van der Waals surface area contributed by atoms with Crippen molar-refractivity contribution >= 4 is 48.5 Å². The maximum Gasteiger partial charge on any atom is 1.00 e. The van der Waals surface area contributed by atoms with Gasteiger partial charge in [-0.05, 0) is 35.6 Å². The van der Waals surface area contributed by atoms with E-state index in [1.807, 2.05) is 0 Å². The molecular weight excluding hydrogens is 488 g/mol. The van der Waals surface area contributed by atoms with E-state index in [1.54, 1.807) is 5.38 Å². The van der Waals surface area contributed by atoms with Crippen molar-refractivity contribution in [1.29, 1.82) is 0 Å². The van der Waals surface area contributed by atoms with Gasteiger partial charge in [-0.25, -0.2) is 0 Å². The van der Waals surface area contributed by atoms with E-state index >= 15 is 0 Å². The molecule has 0 bridgehead atoms. The number of aliphatic hydroxyl groups excluding tert-OH is 1. The minimum Gasteiger partial charge on any atom is -0.806 e. The van der Waals surface area contributed by atoms with Gasteiger partial charge in [-0.1, -0.05) is 0 Å². The zero-order chi connectivity index (χ0) is 19.9. The molecule has 3 N–H and O–H groups in total. The van der Waals surface area contributed by atoms with E-state index in [1.165, 1.54) is 22.8 Å². The summed E-state index contributed by atoms with van der Waals surface area (Å²) in [6.07, 6.45) is 0. The van der Waals surface area contributed by atoms with Gasteiger partial charge in [0.05, 0.1) is 12.0 Å². The van der Waals surface area contributed by atoms with Gasteiger partial charge in [0.25, 0.3) is 5.91 Å². The molecular formula is C14H13N2Na3O8PS2+. The number of carboxylic acids is 1. The molecule has 3 heterocycles. The topological polar surface area (TPSA) is 170 Å². The summed E-state index contributed by atoms with van der Waals surface area (Å²) >= 11 is 2.28. The minimum absolute atomic E-state index is 0. The predicted octanol–water partition coefficient (Wildman–Crippen LogP) is -10.6. The first kappa shape index (κ1) is 31.3. The Hall–Kier alpha value is 1.31. The fourth-order valence-corrected chi connectivity index (χ4v) is 6.17. The van der Waals surface area contributed by atoms with E-state index < -0.39 is 54.8 Å². The third-order valence-electron chi connectivity index (χ3n) is 4.15. The van der Waals surface area contributed by atoms with Crippen molar-refractivity contribution in [1.82, 2.24) is 10.2 Å². The van der Waals surface area contributed by atoms with Crippen molar-refractivity contribution in [3.8, 4) is 0 Å². The Balaban J connectivity index is 0.00000280. The number of carbonyl (C=O) groups is 3. The second kappa shape index (κ2) is 12.7. The minimum atomic E-state index is -5.32. The Labute approximate surface area is 246 Å². The molecule has 3 rings (SSSR count). The van der Waals surface area contributed by atoms with Crippen molar-refractivity contribution in [3.05, 3.63) is 33.4 Å². The Bertz CT molecular complexity index is 879. The van der Waals surface area contributed by atoms with E-state index in [9.17, 15) is 38.9 Å². The number of rotatable bonds is 6. The number of hydrogen-bond donors (Lipinski definition) is 3. The number of thioether (sulfide) groups is 1. The number of nitrogens with zero attached hydrogens (tertiary/aromatic N) is 1. The van der Waals surface area contributed by atoms with Gasteiger partial charge in [0.1, 0.15) is 11.4 Å². The number of nitrogens with one attached hydrogen (secondary N) is 1.